The van der Waals surface area contributed by atoms with Gasteiger partial charge < -0.3 is 5.32 Å². The molecule has 3 aliphatic rings. The Labute approximate surface area is 216 Å². The van der Waals surface area contributed by atoms with E-state index in [1.54, 1.807) is 5.38 Å². The van der Waals surface area contributed by atoms with Crippen molar-refractivity contribution < 1.29 is 4.79 Å². The first-order valence-corrected chi connectivity index (χ1v) is 12.8. The van der Waals surface area contributed by atoms with Gasteiger partial charge in [0.15, 0.2) is 5.13 Å². The number of nitriles is 1. The largest absolute Gasteiger partial charge is 0.331 e. The van der Waals surface area contributed by atoms with Gasteiger partial charge >= 0.3 is 5.69 Å². The van der Waals surface area contributed by atoms with Crippen molar-refractivity contribution in [2.24, 2.45) is 12.5 Å². The molecular formula is C28H23N5O3S. The third-order valence-corrected chi connectivity index (χ3v) is 8.61. The highest BCUT2D eigenvalue weighted by molar-refractivity contribution is 7.13. The highest BCUT2D eigenvalue weighted by Gasteiger charge is 2.61. The van der Waals surface area contributed by atoms with Gasteiger partial charge in [-0.05, 0) is 35.6 Å². The Bertz CT molecular complexity index is 1700. The lowest BCUT2D eigenvalue weighted by Gasteiger charge is -2.54. The molecule has 0 aliphatic heterocycles. The maximum atomic E-state index is 13.9. The van der Waals surface area contributed by atoms with E-state index < -0.39 is 16.5 Å². The number of nitrogens with zero attached hydrogens (tertiary/aromatic N) is 4. The van der Waals surface area contributed by atoms with Crippen LogP contribution in [0.2, 0.25) is 0 Å². The smallest absolute Gasteiger partial charge is 0.301 e. The van der Waals surface area contributed by atoms with E-state index in [2.05, 4.69) is 16.4 Å². The topological polar surface area (TPSA) is 110 Å². The van der Waals surface area contributed by atoms with Crippen molar-refractivity contribution in [3.8, 4) is 6.07 Å². The van der Waals surface area contributed by atoms with Gasteiger partial charge in [-0.3, -0.25) is 18.7 Å². The average Bonchev–Trinajstić information content (AvgIpc) is 3.35. The fourth-order valence-electron chi connectivity index (χ4n) is 6.08. The van der Waals surface area contributed by atoms with Crippen molar-refractivity contribution >= 4 is 22.4 Å². The van der Waals surface area contributed by atoms with E-state index in [1.807, 2.05) is 55.5 Å². The van der Waals surface area contributed by atoms with Gasteiger partial charge in [0.1, 0.15) is 5.41 Å². The molecule has 1 atom stereocenters. The molecule has 184 valence electrons. The molecule has 37 heavy (non-hydrogen) atoms. The van der Waals surface area contributed by atoms with Crippen molar-refractivity contribution in [2.75, 3.05) is 5.32 Å². The zero-order valence-electron chi connectivity index (χ0n) is 20.3. The average molecular weight is 510 g/mol. The van der Waals surface area contributed by atoms with E-state index in [0.717, 1.165) is 26.8 Å². The molecule has 0 fully saturated rings. The first-order chi connectivity index (χ1) is 17.8. The molecule has 8 nitrogen and oxygen atoms in total. The van der Waals surface area contributed by atoms with Crippen LogP contribution >= 0.6 is 11.3 Å². The molecule has 9 heteroatoms. The van der Waals surface area contributed by atoms with Crippen LogP contribution in [0.5, 0.6) is 0 Å². The Hall–Kier alpha value is -4.29. The second-order valence-corrected chi connectivity index (χ2v) is 10.8. The molecule has 1 amide bonds. The normalized spacial score (nSPS) is 23.1. The Morgan fingerprint density at radius 3 is 2.43 bits per heavy atom. The van der Waals surface area contributed by atoms with Crippen LogP contribution in [0.15, 0.2) is 75.8 Å². The molecule has 0 saturated carbocycles. The standard InChI is InChI=1S/C28H23N5O3S/c1-27(24(35)31-25-30-17(14-37-25)13-33-12-11-22(34)32(2)26(33)36)15-28(16-29)20-9-5-3-7-18(20)23(27)19-8-4-6-10-21(19)28/h3-12,14,23H,13,15H2,1-2H3,(H,30,31,35). The van der Waals surface area contributed by atoms with Crippen molar-refractivity contribution in [3.05, 3.63) is 115 Å². The van der Waals surface area contributed by atoms with Crippen LogP contribution in [0.4, 0.5) is 5.13 Å². The molecular weight excluding hydrogens is 486 g/mol. The second kappa shape index (κ2) is 8.11. The lowest BCUT2D eigenvalue weighted by Crippen LogP contribution is -2.53. The predicted octanol–water partition coefficient (Wildman–Crippen LogP) is 3.36. The SMILES string of the molecule is Cn1c(=O)ccn(Cc2csc(NC(=O)C3(C)CC4(C#N)c5ccccc5C3c3ccccc34)n2)c1=O. The molecule has 0 spiro atoms. The third-order valence-electron chi connectivity index (χ3n) is 7.81. The Kier molecular flexibility index (Phi) is 5.07. The Morgan fingerprint density at radius 1 is 1.14 bits per heavy atom. The number of nitrogens with one attached hydrogen (secondary N) is 1. The molecule has 7 rings (SSSR count). The summed E-state index contributed by atoms with van der Waals surface area (Å²) in [5, 5.41) is 15.7. The molecule has 2 bridgehead atoms. The summed E-state index contributed by atoms with van der Waals surface area (Å²) >= 11 is 1.28. The number of thiazole rings is 1. The van der Waals surface area contributed by atoms with Gasteiger partial charge in [0, 0.05) is 30.6 Å². The van der Waals surface area contributed by atoms with Crippen LogP contribution in [0, 0.1) is 16.7 Å². The van der Waals surface area contributed by atoms with E-state index in [4.69, 9.17) is 0 Å². The minimum Gasteiger partial charge on any atom is -0.301 e. The van der Waals surface area contributed by atoms with Crippen LogP contribution in [0.3, 0.4) is 0 Å². The molecule has 2 aromatic carbocycles. The predicted molar refractivity (Wildman–Crippen MR) is 140 cm³/mol. The number of hydrogen-bond acceptors (Lipinski definition) is 6. The van der Waals surface area contributed by atoms with Crippen molar-refractivity contribution in [1.82, 2.24) is 14.1 Å². The molecule has 0 radical (unpaired) electrons. The molecule has 1 N–H and O–H groups in total. The highest BCUT2D eigenvalue weighted by Crippen LogP contribution is 2.63. The monoisotopic (exact) mass is 509 g/mol. The number of hydrogen-bond donors (Lipinski definition) is 1. The summed E-state index contributed by atoms with van der Waals surface area (Å²) in [6.07, 6.45) is 1.81. The number of rotatable bonds is 4. The van der Waals surface area contributed by atoms with E-state index in [1.165, 1.54) is 35.2 Å². The van der Waals surface area contributed by atoms with Crippen molar-refractivity contribution in [3.63, 3.8) is 0 Å². The zero-order valence-corrected chi connectivity index (χ0v) is 21.1. The number of anilines is 1. The maximum absolute atomic E-state index is 13.9. The summed E-state index contributed by atoms with van der Waals surface area (Å²) in [5.41, 5.74) is 1.99. The van der Waals surface area contributed by atoms with Crippen LogP contribution in [0.1, 0.15) is 47.2 Å². The molecule has 2 heterocycles. The molecule has 1 unspecified atom stereocenters. The molecule has 4 aromatic rings. The maximum Gasteiger partial charge on any atom is 0.331 e. The van der Waals surface area contributed by atoms with Gasteiger partial charge in [-0.1, -0.05) is 48.5 Å². The molecule has 0 saturated heterocycles. The van der Waals surface area contributed by atoms with Gasteiger partial charge in [-0.2, -0.15) is 5.26 Å². The van der Waals surface area contributed by atoms with Crippen molar-refractivity contribution in [2.45, 2.75) is 31.2 Å². The first-order valence-electron chi connectivity index (χ1n) is 11.9. The number of carbonyl (C=O) groups is 1. The summed E-state index contributed by atoms with van der Waals surface area (Å²) in [7, 11) is 1.43. The van der Waals surface area contributed by atoms with E-state index in [0.29, 0.717) is 17.2 Å². The zero-order chi connectivity index (χ0) is 25.9. The number of aromatic nitrogens is 3. The quantitative estimate of drug-likeness (QED) is 0.454. The number of carbonyl (C=O) groups excluding carboxylic acids is 1. The van der Waals surface area contributed by atoms with E-state index in [-0.39, 0.29) is 23.9 Å². The fraction of sp³-hybridized carbons (Fsp3) is 0.250. The molecule has 2 aromatic heterocycles. The number of benzene rings is 2. The summed E-state index contributed by atoms with van der Waals surface area (Å²) in [4.78, 5) is 42.5. The fourth-order valence-corrected chi connectivity index (χ4v) is 6.77. The summed E-state index contributed by atoms with van der Waals surface area (Å²) < 4.78 is 2.43. The number of fused-ring (bicyclic) bond motifs is 1. The Balaban J connectivity index is 1.34. The first kappa shape index (κ1) is 23.1. The minimum atomic E-state index is -0.910. The summed E-state index contributed by atoms with van der Waals surface area (Å²) in [6, 6.07) is 19.8. The van der Waals surface area contributed by atoms with Crippen LogP contribution in [-0.2, 0) is 23.8 Å². The van der Waals surface area contributed by atoms with Gasteiger partial charge in [0.05, 0.1) is 23.7 Å². The van der Waals surface area contributed by atoms with Gasteiger partial charge in [-0.25, -0.2) is 9.78 Å². The van der Waals surface area contributed by atoms with Crippen molar-refractivity contribution in [1.29, 1.82) is 5.26 Å². The van der Waals surface area contributed by atoms with Crippen LogP contribution in [-0.4, -0.2) is 20.0 Å². The summed E-state index contributed by atoms with van der Waals surface area (Å²) in [5.74, 6) is -0.389. The van der Waals surface area contributed by atoms with Gasteiger partial charge in [-0.15, -0.1) is 11.3 Å². The lowest BCUT2D eigenvalue weighted by molar-refractivity contribution is -0.127. The van der Waals surface area contributed by atoms with Gasteiger partial charge in [0.25, 0.3) is 5.56 Å². The van der Waals surface area contributed by atoms with Crippen LogP contribution < -0.4 is 16.6 Å². The van der Waals surface area contributed by atoms with Gasteiger partial charge in [0.2, 0.25) is 5.91 Å². The summed E-state index contributed by atoms with van der Waals surface area (Å²) in [6.45, 7) is 2.11. The Morgan fingerprint density at radius 2 is 1.78 bits per heavy atom. The van der Waals surface area contributed by atoms with Crippen LogP contribution in [0.25, 0.3) is 0 Å². The second-order valence-electron chi connectivity index (χ2n) is 9.94. The number of amides is 1. The lowest BCUT2D eigenvalue weighted by atomic mass is 9.47. The highest BCUT2D eigenvalue weighted by atomic mass is 32.1. The molecule has 3 aliphatic carbocycles. The van der Waals surface area contributed by atoms with E-state index in [9.17, 15) is 19.6 Å². The van der Waals surface area contributed by atoms with E-state index >= 15 is 0 Å². The minimum absolute atomic E-state index is 0.178. The third kappa shape index (κ3) is 3.26.